The molecule has 2 aromatic carbocycles. The maximum atomic E-state index is 14.2. The third kappa shape index (κ3) is 13.2. The molecule has 0 saturated heterocycles. The van der Waals surface area contributed by atoms with Crippen LogP contribution < -0.4 is 4.74 Å². The van der Waals surface area contributed by atoms with Gasteiger partial charge in [-0.15, -0.1) is 0 Å². The molecule has 3 nitrogen and oxygen atoms in total. The molecule has 3 rings (SSSR count). The van der Waals surface area contributed by atoms with Gasteiger partial charge in [-0.05, 0) is 54.7 Å². The number of nitrogens with zero attached hydrogens (tertiary/aromatic N) is 2. The van der Waals surface area contributed by atoms with Gasteiger partial charge < -0.3 is 4.74 Å². The first-order valence-corrected chi connectivity index (χ1v) is 16.5. The lowest BCUT2D eigenvalue weighted by Crippen LogP contribution is -2.12. The molecule has 41 heavy (non-hydrogen) atoms. The Morgan fingerprint density at radius 1 is 0.585 bits per heavy atom. The molecular formula is C37H53FN2O. The summed E-state index contributed by atoms with van der Waals surface area (Å²) in [6, 6.07) is 16.4. The van der Waals surface area contributed by atoms with Crippen LogP contribution in [0.25, 0.3) is 22.5 Å². The van der Waals surface area contributed by atoms with Crippen LogP contribution in [0, 0.1) is 0 Å². The van der Waals surface area contributed by atoms with Gasteiger partial charge in [-0.25, -0.2) is 14.4 Å². The van der Waals surface area contributed by atoms with E-state index >= 15 is 0 Å². The molecule has 0 saturated carbocycles. The van der Waals surface area contributed by atoms with Gasteiger partial charge in [0.2, 0.25) is 0 Å². The highest BCUT2D eigenvalue weighted by Crippen LogP contribution is 2.24. The standard InChI is InChI=1S/C37H53FN2O/c1-3-5-7-9-11-13-14-16-18-31-20-22-32(23-21-31)34-28-39-37(40-29-34)33-24-26-36(27-25-33)41-30-35(38)19-17-15-12-10-8-6-4-2/h20-29,35H,3-19,30H2,1-2H3. The highest BCUT2D eigenvalue weighted by molar-refractivity contribution is 5.64. The van der Waals surface area contributed by atoms with Crippen LogP contribution in [0.1, 0.15) is 122 Å². The molecule has 1 heterocycles. The first-order valence-electron chi connectivity index (χ1n) is 16.5. The van der Waals surface area contributed by atoms with Crippen molar-refractivity contribution in [2.75, 3.05) is 6.61 Å². The number of halogens is 1. The Hall–Kier alpha value is -2.75. The Labute approximate surface area is 249 Å². The van der Waals surface area contributed by atoms with Crippen molar-refractivity contribution in [1.82, 2.24) is 9.97 Å². The van der Waals surface area contributed by atoms with Crippen LogP contribution >= 0.6 is 0 Å². The second kappa shape index (κ2) is 20.2. The van der Waals surface area contributed by atoms with E-state index in [9.17, 15) is 4.39 Å². The summed E-state index contributed by atoms with van der Waals surface area (Å²) < 4.78 is 19.9. The van der Waals surface area contributed by atoms with E-state index in [0.717, 1.165) is 36.0 Å². The average Bonchev–Trinajstić information content (AvgIpc) is 3.01. The van der Waals surface area contributed by atoms with E-state index in [2.05, 4.69) is 48.1 Å². The zero-order valence-corrected chi connectivity index (χ0v) is 25.8. The highest BCUT2D eigenvalue weighted by atomic mass is 19.1. The number of aromatic nitrogens is 2. The lowest BCUT2D eigenvalue weighted by molar-refractivity contribution is 0.184. The number of aryl methyl sites for hydroxylation is 1. The minimum Gasteiger partial charge on any atom is -0.491 e. The number of hydrogen-bond donors (Lipinski definition) is 0. The van der Waals surface area contributed by atoms with Gasteiger partial charge in [0.15, 0.2) is 5.82 Å². The van der Waals surface area contributed by atoms with E-state index in [4.69, 9.17) is 4.74 Å². The second-order valence-electron chi connectivity index (χ2n) is 11.6. The lowest BCUT2D eigenvalue weighted by atomic mass is 10.0. The molecule has 0 fully saturated rings. The summed E-state index contributed by atoms with van der Waals surface area (Å²) >= 11 is 0. The zero-order chi connectivity index (χ0) is 29.0. The lowest BCUT2D eigenvalue weighted by Gasteiger charge is -2.11. The molecule has 0 spiro atoms. The number of hydrogen-bond acceptors (Lipinski definition) is 3. The largest absolute Gasteiger partial charge is 0.491 e. The van der Waals surface area contributed by atoms with Crippen LogP contribution in [-0.2, 0) is 6.42 Å². The first-order chi connectivity index (χ1) is 20.2. The van der Waals surface area contributed by atoms with Gasteiger partial charge in [-0.1, -0.05) is 128 Å². The quantitative estimate of drug-likeness (QED) is 0.115. The molecule has 0 aliphatic rings. The van der Waals surface area contributed by atoms with Crippen LogP contribution in [0.5, 0.6) is 5.75 Å². The molecule has 1 unspecified atom stereocenters. The molecular weight excluding hydrogens is 507 g/mol. The smallest absolute Gasteiger partial charge is 0.159 e. The third-order valence-corrected chi connectivity index (χ3v) is 7.92. The summed E-state index contributed by atoms with van der Waals surface area (Å²) in [6.45, 7) is 4.61. The van der Waals surface area contributed by atoms with Crippen LogP contribution in [0.3, 0.4) is 0 Å². The summed E-state index contributed by atoms with van der Waals surface area (Å²) in [6.07, 6.45) is 23.8. The van der Waals surface area contributed by atoms with E-state index in [1.54, 1.807) is 0 Å². The fourth-order valence-electron chi connectivity index (χ4n) is 5.25. The maximum Gasteiger partial charge on any atom is 0.159 e. The summed E-state index contributed by atoms with van der Waals surface area (Å²) in [5.74, 6) is 1.36. The SMILES string of the molecule is CCCCCCCCCCc1ccc(-c2cnc(-c3ccc(OCC(F)CCCCCCCCC)cc3)nc2)cc1. The van der Waals surface area contributed by atoms with Crippen LogP contribution in [0.2, 0.25) is 0 Å². The molecule has 0 aliphatic carbocycles. The van der Waals surface area contributed by atoms with Crippen LogP contribution in [0.15, 0.2) is 60.9 Å². The fourth-order valence-corrected chi connectivity index (χ4v) is 5.25. The topological polar surface area (TPSA) is 35.0 Å². The molecule has 0 N–H and O–H groups in total. The van der Waals surface area contributed by atoms with Crippen LogP contribution in [0.4, 0.5) is 4.39 Å². The minimum atomic E-state index is -0.916. The van der Waals surface area contributed by atoms with E-state index in [1.807, 2.05) is 36.7 Å². The highest BCUT2D eigenvalue weighted by Gasteiger charge is 2.09. The Bertz CT molecular complexity index is 1050. The summed E-state index contributed by atoms with van der Waals surface area (Å²) in [4.78, 5) is 9.20. The number of alkyl halides is 1. The molecule has 4 heteroatoms. The number of ether oxygens (including phenoxy) is 1. The van der Waals surface area contributed by atoms with Gasteiger partial charge in [-0.2, -0.15) is 0 Å². The van der Waals surface area contributed by atoms with Crippen molar-refractivity contribution in [2.45, 2.75) is 129 Å². The molecule has 0 aliphatic heterocycles. The van der Waals surface area contributed by atoms with Crippen molar-refractivity contribution in [3.63, 3.8) is 0 Å². The normalized spacial score (nSPS) is 12.0. The predicted octanol–water partition coefficient (Wildman–Crippen LogP) is 11.4. The van der Waals surface area contributed by atoms with E-state index in [1.165, 1.54) is 89.0 Å². The fraction of sp³-hybridized carbons (Fsp3) is 0.568. The number of benzene rings is 2. The van der Waals surface area contributed by atoms with Crippen molar-refractivity contribution in [1.29, 1.82) is 0 Å². The van der Waals surface area contributed by atoms with Gasteiger partial charge in [0, 0.05) is 23.5 Å². The van der Waals surface area contributed by atoms with Crippen molar-refractivity contribution < 1.29 is 9.13 Å². The molecule has 0 bridgehead atoms. The van der Waals surface area contributed by atoms with Gasteiger partial charge in [-0.3, -0.25) is 0 Å². The number of unbranched alkanes of at least 4 members (excludes halogenated alkanes) is 13. The average molecular weight is 561 g/mol. The molecule has 0 radical (unpaired) electrons. The van der Waals surface area contributed by atoms with Gasteiger partial charge >= 0.3 is 0 Å². The Balaban J connectivity index is 1.36. The minimum absolute atomic E-state index is 0.109. The van der Waals surface area contributed by atoms with Gasteiger partial charge in [0.1, 0.15) is 18.5 Å². The van der Waals surface area contributed by atoms with E-state index in [-0.39, 0.29) is 6.61 Å². The molecule has 1 atom stereocenters. The third-order valence-electron chi connectivity index (χ3n) is 7.92. The second-order valence-corrected chi connectivity index (χ2v) is 11.6. The van der Waals surface area contributed by atoms with Crippen molar-refractivity contribution in [3.05, 3.63) is 66.5 Å². The molecule has 0 amide bonds. The van der Waals surface area contributed by atoms with Crippen molar-refractivity contribution in [3.8, 4) is 28.3 Å². The Morgan fingerprint density at radius 2 is 1.10 bits per heavy atom. The molecule has 3 aromatic rings. The van der Waals surface area contributed by atoms with Gasteiger partial charge in [0.05, 0.1) is 0 Å². The van der Waals surface area contributed by atoms with Crippen molar-refractivity contribution >= 4 is 0 Å². The summed E-state index contributed by atoms with van der Waals surface area (Å²) in [5, 5.41) is 0. The van der Waals surface area contributed by atoms with Crippen LogP contribution in [-0.4, -0.2) is 22.7 Å². The van der Waals surface area contributed by atoms with E-state index in [0.29, 0.717) is 18.0 Å². The molecule has 1 aromatic heterocycles. The number of rotatable bonds is 22. The van der Waals surface area contributed by atoms with E-state index < -0.39 is 6.17 Å². The Kier molecular flexibility index (Phi) is 16.1. The van der Waals surface area contributed by atoms with Gasteiger partial charge in [0.25, 0.3) is 0 Å². The molecule has 224 valence electrons. The van der Waals surface area contributed by atoms with Crippen molar-refractivity contribution in [2.24, 2.45) is 0 Å². The Morgan fingerprint density at radius 3 is 1.68 bits per heavy atom. The first kappa shape index (κ1) is 32.8. The maximum absolute atomic E-state index is 14.2. The summed E-state index contributed by atoms with van der Waals surface area (Å²) in [7, 11) is 0. The summed E-state index contributed by atoms with van der Waals surface area (Å²) in [5.41, 5.74) is 4.47. The monoisotopic (exact) mass is 560 g/mol. The zero-order valence-electron chi connectivity index (χ0n) is 25.8. The predicted molar refractivity (Wildman–Crippen MR) is 172 cm³/mol.